The lowest BCUT2D eigenvalue weighted by molar-refractivity contribution is -0.122. The molecule has 6 nitrogen and oxygen atoms in total. The summed E-state index contributed by atoms with van der Waals surface area (Å²) in [6, 6.07) is 3.64. The number of carbonyl (C=O) groups excluding carboxylic acids is 3. The van der Waals surface area contributed by atoms with Crippen LogP contribution in [0.2, 0.25) is 0 Å². The molecule has 0 radical (unpaired) electrons. The minimum Gasteiger partial charge on any atom is -0.339 e. The van der Waals surface area contributed by atoms with Crippen LogP contribution in [-0.4, -0.2) is 30.4 Å². The molecule has 2 rings (SSSR count). The predicted octanol–water partition coefficient (Wildman–Crippen LogP) is -0.237. The quantitative estimate of drug-likeness (QED) is 0.678. The van der Waals surface area contributed by atoms with Crippen LogP contribution in [0.4, 0.5) is 9.18 Å². The molecule has 1 saturated heterocycles. The third kappa shape index (κ3) is 2.62. The van der Waals surface area contributed by atoms with Gasteiger partial charge in [-0.1, -0.05) is 6.07 Å². The summed E-state index contributed by atoms with van der Waals surface area (Å²) in [5.41, 5.74) is 0.111. The molecule has 18 heavy (non-hydrogen) atoms. The average molecular weight is 251 g/mol. The van der Waals surface area contributed by atoms with Crippen molar-refractivity contribution in [2.75, 3.05) is 6.54 Å². The van der Waals surface area contributed by atoms with Crippen LogP contribution in [0.3, 0.4) is 0 Å². The zero-order valence-corrected chi connectivity index (χ0v) is 9.20. The van der Waals surface area contributed by atoms with Gasteiger partial charge in [0.2, 0.25) is 0 Å². The summed E-state index contributed by atoms with van der Waals surface area (Å²) in [4.78, 5) is 33.9. The second-order valence-electron chi connectivity index (χ2n) is 3.74. The molecule has 0 aliphatic carbocycles. The Morgan fingerprint density at radius 2 is 2.17 bits per heavy atom. The molecular weight excluding hydrogens is 241 g/mol. The van der Waals surface area contributed by atoms with Gasteiger partial charge in [0.15, 0.2) is 0 Å². The van der Waals surface area contributed by atoms with E-state index in [2.05, 4.69) is 10.6 Å². The molecule has 4 amide bonds. The first-order valence-corrected chi connectivity index (χ1v) is 5.21. The third-order valence-electron chi connectivity index (χ3n) is 2.41. The molecule has 0 spiro atoms. The van der Waals surface area contributed by atoms with Crippen molar-refractivity contribution in [2.24, 2.45) is 0 Å². The monoisotopic (exact) mass is 251 g/mol. The Hall–Kier alpha value is -2.44. The maximum atomic E-state index is 12.9. The molecule has 0 aromatic heterocycles. The lowest BCUT2D eigenvalue weighted by Crippen LogP contribution is -2.60. The number of benzene rings is 1. The summed E-state index contributed by atoms with van der Waals surface area (Å²) in [6.07, 6.45) is 0. The van der Waals surface area contributed by atoms with E-state index in [1.54, 1.807) is 0 Å². The first-order valence-electron chi connectivity index (χ1n) is 5.21. The summed E-state index contributed by atoms with van der Waals surface area (Å²) in [6.45, 7) is 0.00568. The lowest BCUT2D eigenvalue weighted by Gasteiger charge is -2.22. The van der Waals surface area contributed by atoms with Crippen LogP contribution in [0.5, 0.6) is 0 Å². The van der Waals surface area contributed by atoms with Gasteiger partial charge < -0.3 is 10.6 Å². The Morgan fingerprint density at radius 1 is 1.39 bits per heavy atom. The van der Waals surface area contributed by atoms with E-state index in [1.165, 1.54) is 18.2 Å². The van der Waals surface area contributed by atoms with Gasteiger partial charge in [-0.25, -0.2) is 9.18 Å². The van der Waals surface area contributed by atoms with Crippen molar-refractivity contribution in [3.8, 4) is 0 Å². The first kappa shape index (κ1) is 12.0. The van der Waals surface area contributed by atoms with E-state index >= 15 is 0 Å². The fraction of sp³-hybridized carbons (Fsp3) is 0.182. The van der Waals surface area contributed by atoms with Crippen molar-refractivity contribution >= 4 is 17.8 Å². The minimum atomic E-state index is -0.863. The van der Waals surface area contributed by atoms with E-state index in [-0.39, 0.29) is 12.1 Å². The van der Waals surface area contributed by atoms with Crippen molar-refractivity contribution in [1.82, 2.24) is 16.0 Å². The minimum absolute atomic E-state index is 0.00568. The number of amides is 4. The zero-order chi connectivity index (χ0) is 13.1. The number of urea groups is 1. The molecule has 94 valence electrons. The SMILES string of the molecule is O=C1NCC(NC(=O)c2cccc(F)c2)C(=O)N1. The summed E-state index contributed by atoms with van der Waals surface area (Å²) >= 11 is 0. The predicted molar refractivity (Wildman–Crippen MR) is 59.2 cm³/mol. The Morgan fingerprint density at radius 3 is 2.83 bits per heavy atom. The molecule has 1 fully saturated rings. The number of hydrogen-bond donors (Lipinski definition) is 3. The molecule has 1 heterocycles. The van der Waals surface area contributed by atoms with Crippen LogP contribution in [0.1, 0.15) is 10.4 Å². The molecule has 1 aliphatic rings. The Bertz CT molecular complexity index is 518. The Kier molecular flexibility index (Phi) is 3.22. The smallest absolute Gasteiger partial charge is 0.321 e. The van der Waals surface area contributed by atoms with Crippen LogP contribution < -0.4 is 16.0 Å². The van der Waals surface area contributed by atoms with Gasteiger partial charge in [0.1, 0.15) is 11.9 Å². The number of nitrogens with one attached hydrogen (secondary N) is 3. The largest absolute Gasteiger partial charge is 0.339 e. The maximum Gasteiger partial charge on any atom is 0.321 e. The van der Waals surface area contributed by atoms with Crippen LogP contribution in [-0.2, 0) is 4.79 Å². The van der Waals surface area contributed by atoms with Crippen molar-refractivity contribution in [2.45, 2.75) is 6.04 Å². The van der Waals surface area contributed by atoms with Gasteiger partial charge in [-0.3, -0.25) is 14.9 Å². The lowest BCUT2D eigenvalue weighted by atomic mass is 10.1. The number of imide groups is 1. The van der Waals surface area contributed by atoms with Gasteiger partial charge in [-0.15, -0.1) is 0 Å². The molecule has 3 N–H and O–H groups in total. The zero-order valence-electron chi connectivity index (χ0n) is 9.20. The van der Waals surface area contributed by atoms with Gasteiger partial charge >= 0.3 is 6.03 Å². The highest BCUT2D eigenvalue weighted by Gasteiger charge is 2.27. The van der Waals surface area contributed by atoms with Crippen molar-refractivity contribution in [3.63, 3.8) is 0 Å². The number of carbonyl (C=O) groups is 3. The van der Waals surface area contributed by atoms with Crippen molar-refractivity contribution in [3.05, 3.63) is 35.6 Å². The molecule has 0 bridgehead atoms. The molecule has 1 atom stereocenters. The van der Waals surface area contributed by atoms with E-state index in [4.69, 9.17) is 0 Å². The number of halogens is 1. The standard InChI is InChI=1S/C11H10FN3O3/c12-7-3-1-2-6(4-7)9(16)14-8-5-13-11(18)15-10(8)17/h1-4,8H,5H2,(H,14,16)(H2,13,15,17,18). The normalized spacial score (nSPS) is 18.8. The highest BCUT2D eigenvalue weighted by atomic mass is 19.1. The number of rotatable bonds is 2. The molecule has 1 aliphatic heterocycles. The van der Waals surface area contributed by atoms with Crippen molar-refractivity contribution in [1.29, 1.82) is 0 Å². The number of hydrogen-bond acceptors (Lipinski definition) is 3. The van der Waals surface area contributed by atoms with Crippen LogP contribution in [0.15, 0.2) is 24.3 Å². The van der Waals surface area contributed by atoms with Gasteiger partial charge in [0.25, 0.3) is 11.8 Å². The van der Waals surface area contributed by atoms with Gasteiger partial charge in [0, 0.05) is 12.1 Å². The molecule has 1 aromatic rings. The van der Waals surface area contributed by atoms with Crippen LogP contribution in [0, 0.1) is 5.82 Å². The highest BCUT2D eigenvalue weighted by Crippen LogP contribution is 2.04. The summed E-state index contributed by atoms with van der Waals surface area (Å²) in [7, 11) is 0. The summed E-state index contributed by atoms with van der Waals surface area (Å²) in [5.74, 6) is -1.71. The fourth-order valence-corrected chi connectivity index (χ4v) is 1.52. The molecule has 1 aromatic carbocycles. The van der Waals surface area contributed by atoms with Crippen molar-refractivity contribution < 1.29 is 18.8 Å². The summed E-state index contributed by atoms with van der Waals surface area (Å²) < 4.78 is 12.9. The van der Waals surface area contributed by atoms with Crippen LogP contribution in [0.25, 0.3) is 0 Å². The molecule has 7 heteroatoms. The van der Waals surface area contributed by atoms with E-state index in [0.29, 0.717) is 0 Å². The van der Waals surface area contributed by atoms with E-state index in [0.717, 1.165) is 6.07 Å². The molecule has 0 saturated carbocycles. The van der Waals surface area contributed by atoms with E-state index < -0.39 is 29.7 Å². The van der Waals surface area contributed by atoms with Crippen LogP contribution >= 0.6 is 0 Å². The van der Waals surface area contributed by atoms with Gasteiger partial charge in [0.05, 0.1) is 0 Å². The second-order valence-corrected chi connectivity index (χ2v) is 3.74. The third-order valence-corrected chi connectivity index (χ3v) is 2.41. The summed E-state index contributed by atoms with van der Waals surface area (Å²) in [5, 5.41) is 6.79. The van der Waals surface area contributed by atoms with E-state index in [9.17, 15) is 18.8 Å². The fourth-order valence-electron chi connectivity index (χ4n) is 1.52. The molecular formula is C11H10FN3O3. The Labute approximate surface area is 102 Å². The molecule has 1 unspecified atom stereocenters. The maximum absolute atomic E-state index is 12.9. The van der Waals surface area contributed by atoms with Gasteiger partial charge in [-0.2, -0.15) is 0 Å². The van der Waals surface area contributed by atoms with Gasteiger partial charge in [-0.05, 0) is 18.2 Å². The highest BCUT2D eigenvalue weighted by molar-refractivity contribution is 6.03. The topological polar surface area (TPSA) is 87.3 Å². The Balaban J connectivity index is 2.03. The average Bonchev–Trinajstić information content (AvgIpc) is 2.32. The second kappa shape index (κ2) is 4.82. The van der Waals surface area contributed by atoms with E-state index in [1.807, 2.05) is 5.32 Å². The first-order chi connectivity index (χ1) is 8.56.